The van der Waals surface area contributed by atoms with Gasteiger partial charge in [0, 0.05) is 48.5 Å². The number of ether oxygens (including phenoxy) is 10. The molecule has 2 aliphatic rings. The summed E-state index contributed by atoms with van der Waals surface area (Å²) in [4.78, 5) is 82.4. The SMILES string of the molecule is CC(=O)OC[C@H]1O[C@@H](O[C@H]2[C@H](OC(C)=O)[C@@H](COC(C)=O)OC(OC(C)=O)[C@H]2Br)[C@H](OC(C)=O)[C@@H](OC(C)=O)[C@H]1OC(C)=O. The van der Waals surface area contributed by atoms with E-state index in [0.29, 0.717) is 0 Å². The third kappa shape index (κ3) is 11.0. The van der Waals surface area contributed by atoms with Crippen molar-refractivity contribution in [1.29, 1.82) is 0 Å². The van der Waals surface area contributed by atoms with Crippen LogP contribution in [0.4, 0.5) is 0 Å². The van der Waals surface area contributed by atoms with Crippen molar-refractivity contribution in [2.45, 2.75) is 109 Å². The van der Waals surface area contributed by atoms with E-state index in [0.717, 1.165) is 48.5 Å². The van der Waals surface area contributed by atoms with Gasteiger partial charge in [0.1, 0.15) is 36.4 Å². The monoisotopic (exact) mass is 698 g/mol. The van der Waals surface area contributed by atoms with Crippen LogP contribution < -0.4 is 0 Å². The zero-order chi connectivity index (χ0) is 33.3. The molecule has 18 heteroatoms. The van der Waals surface area contributed by atoms with Crippen molar-refractivity contribution < 1.29 is 80.9 Å². The Kier molecular flexibility index (Phi) is 13.9. The Labute approximate surface area is 260 Å². The normalized spacial score (nSPS) is 31.5. The first-order chi connectivity index (χ1) is 20.5. The number of esters is 7. The lowest BCUT2D eigenvalue weighted by Crippen LogP contribution is -2.66. The Morgan fingerprint density at radius 2 is 0.841 bits per heavy atom. The molecule has 1 unspecified atom stereocenters. The van der Waals surface area contributed by atoms with E-state index in [9.17, 15) is 33.6 Å². The maximum absolute atomic E-state index is 12.2. The van der Waals surface area contributed by atoms with Gasteiger partial charge in [0.15, 0.2) is 30.7 Å². The van der Waals surface area contributed by atoms with Crippen molar-refractivity contribution in [2.24, 2.45) is 0 Å². The second-order valence-corrected chi connectivity index (χ2v) is 10.7. The zero-order valence-corrected chi connectivity index (χ0v) is 26.6. The second-order valence-electron chi connectivity index (χ2n) is 9.64. The Balaban J connectivity index is 2.63. The molecule has 0 aromatic rings. The van der Waals surface area contributed by atoms with Crippen molar-refractivity contribution in [2.75, 3.05) is 13.2 Å². The number of carbonyl (C=O) groups excluding carboxylic acids is 7. The smallest absolute Gasteiger partial charge is 0.304 e. The Morgan fingerprint density at radius 1 is 0.477 bits per heavy atom. The first kappa shape index (κ1) is 36.8. The zero-order valence-electron chi connectivity index (χ0n) is 25.0. The molecule has 0 bridgehead atoms. The number of alkyl halides is 1. The van der Waals surface area contributed by atoms with Crippen LogP contribution >= 0.6 is 15.9 Å². The number of rotatable bonds is 11. The maximum atomic E-state index is 12.2. The Morgan fingerprint density at radius 3 is 1.25 bits per heavy atom. The number of hydrogen-bond donors (Lipinski definition) is 0. The highest BCUT2D eigenvalue weighted by Crippen LogP contribution is 2.36. The van der Waals surface area contributed by atoms with Crippen LogP contribution in [0.25, 0.3) is 0 Å². The van der Waals surface area contributed by atoms with Crippen LogP contribution in [0, 0.1) is 0 Å². The molecular weight excluding hydrogens is 664 g/mol. The van der Waals surface area contributed by atoms with Crippen LogP contribution in [0.5, 0.6) is 0 Å². The predicted octanol–water partition coefficient (Wildman–Crippen LogP) is 0.00100. The lowest BCUT2D eigenvalue weighted by molar-refractivity contribution is -0.338. The van der Waals surface area contributed by atoms with Gasteiger partial charge in [0.05, 0.1) is 0 Å². The average molecular weight is 699 g/mol. The van der Waals surface area contributed by atoms with E-state index < -0.39 is 115 Å². The molecule has 0 aliphatic carbocycles. The van der Waals surface area contributed by atoms with Gasteiger partial charge in [-0.2, -0.15) is 0 Å². The van der Waals surface area contributed by atoms with Crippen molar-refractivity contribution in [3.05, 3.63) is 0 Å². The highest BCUT2D eigenvalue weighted by Gasteiger charge is 2.56. The molecule has 2 rings (SSSR count). The fraction of sp³-hybridized carbons (Fsp3) is 0.731. The number of carbonyl (C=O) groups is 7. The van der Waals surface area contributed by atoms with Gasteiger partial charge < -0.3 is 47.4 Å². The quantitative estimate of drug-likeness (QED) is 0.158. The molecule has 0 radical (unpaired) electrons. The summed E-state index contributed by atoms with van der Waals surface area (Å²) < 4.78 is 55.0. The largest absolute Gasteiger partial charge is 0.463 e. The standard InChI is InChI=1S/C26H35BrO17/c1-10(28)35-8-17-20(37-12(3)30)22(19(27)25(42-17)41-16(7)34)44-26-24(40-15(6)33)23(39-14(5)32)21(38-13(4)31)18(43-26)9-36-11(2)29/h17-26H,8-9H2,1-7H3/t17-,18-,19+,20-,21+,22-,23+,24-,25?,26+/m1/s1. The fourth-order valence-electron chi connectivity index (χ4n) is 4.40. The van der Waals surface area contributed by atoms with E-state index in [4.69, 9.17) is 47.4 Å². The van der Waals surface area contributed by atoms with Gasteiger partial charge in [-0.25, -0.2) is 0 Å². The van der Waals surface area contributed by atoms with Gasteiger partial charge in [-0.1, -0.05) is 15.9 Å². The van der Waals surface area contributed by atoms with E-state index in [-0.39, 0.29) is 0 Å². The molecule has 0 N–H and O–H groups in total. The molecule has 0 aromatic heterocycles. The summed E-state index contributed by atoms with van der Waals surface area (Å²) in [6.45, 7) is 6.61. The minimum Gasteiger partial charge on any atom is -0.463 e. The number of hydrogen-bond acceptors (Lipinski definition) is 17. The summed E-state index contributed by atoms with van der Waals surface area (Å²) in [5, 5.41) is 0. The van der Waals surface area contributed by atoms with Crippen molar-refractivity contribution in [3.8, 4) is 0 Å². The summed E-state index contributed by atoms with van der Waals surface area (Å²) in [5.74, 6) is -5.56. The summed E-state index contributed by atoms with van der Waals surface area (Å²) >= 11 is 3.34. The molecule has 0 spiro atoms. The fourth-order valence-corrected chi connectivity index (χ4v) is 5.06. The van der Waals surface area contributed by atoms with Crippen molar-refractivity contribution in [1.82, 2.24) is 0 Å². The first-order valence-electron chi connectivity index (χ1n) is 13.2. The molecule has 0 aromatic carbocycles. The van der Waals surface area contributed by atoms with Crippen LogP contribution in [0.2, 0.25) is 0 Å². The van der Waals surface area contributed by atoms with Gasteiger partial charge in [0.2, 0.25) is 6.29 Å². The highest BCUT2D eigenvalue weighted by atomic mass is 79.9. The maximum Gasteiger partial charge on any atom is 0.304 e. The Bertz CT molecular complexity index is 1090. The molecule has 0 amide bonds. The molecular formula is C26H35BrO17. The lowest BCUT2D eigenvalue weighted by atomic mass is 9.97. The summed E-state index contributed by atoms with van der Waals surface area (Å²) in [6, 6.07) is 0. The van der Waals surface area contributed by atoms with E-state index in [1.807, 2.05) is 0 Å². The van der Waals surface area contributed by atoms with E-state index in [1.165, 1.54) is 0 Å². The van der Waals surface area contributed by atoms with Gasteiger partial charge in [-0.15, -0.1) is 0 Å². The molecule has 17 nitrogen and oxygen atoms in total. The lowest BCUT2D eigenvalue weighted by Gasteiger charge is -2.48. The summed E-state index contributed by atoms with van der Waals surface area (Å²) in [5.41, 5.74) is 0. The number of halogens is 1. The van der Waals surface area contributed by atoms with Crippen molar-refractivity contribution >= 4 is 57.7 Å². The minimum atomic E-state index is -1.69. The molecule has 2 saturated heterocycles. The van der Waals surface area contributed by atoms with Gasteiger partial charge in [-0.3, -0.25) is 33.6 Å². The van der Waals surface area contributed by atoms with E-state index in [1.54, 1.807) is 0 Å². The van der Waals surface area contributed by atoms with Gasteiger partial charge in [0.25, 0.3) is 0 Å². The van der Waals surface area contributed by atoms with Crippen LogP contribution in [0.1, 0.15) is 48.5 Å². The predicted molar refractivity (Wildman–Crippen MR) is 142 cm³/mol. The third-order valence-electron chi connectivity index (χ3n) is 5.85. The van der Waals surface area contributed by atoms with Crippen molar-refractivity contribution in [3.63, 3.8) is 0 Å². The second kappa shape index (κ2) is 16.6. The minimum absolute atomic E-state index is 0.469. The van der Waals surface area contributed by atoms with Crippen LogP contribution in [0.3, 0.4) is 0 Å². The van der Waals surface area contributed by atoms with Crippen LogP contribution in [-0.4, -0.2) is 115 Å². The van der Waals surface area contributed by atoms with Crippen LogP contribution in [0.15, 0.2) is 0 Å². The Hall–Kier alpha value is -3.35. The molecule has 2 fully saturated rings. The third-order valence-corrected chi connectivity index (χ3v) is 6.80. The van der Waals surface area contributed by atoms with E-state index >= 15 is 0 Å². The first-order valence-corrected chi connectivity index (χ1v) is 14.1. The van der Waals surface area contributed by atoms with E-state index in [2.05, 4.69) is 15.9 Å². The van der Waals surface area contributed by atoms with Crippen LogP contribution in [-0.2, 0) is 80.9 Å². The molecule has 248 valence electrons. The molecule has 44 heavy (non-hydrogen) atoms. The molecule has 2 aliphatic heterocycles. The molecule has 2 heterocycles. The highest BCUT2D eigenvalue weighted by molar-refractivity contribution is 9.09. The summed E-state index contributed by atoms with van der Waals surface area (Å²) in [7, 11) is 0. The topological polar surface area (TPSA) is 212 Å². The average Bonchev–Trinajstić information content (AvgIpc) is 2.87. The molecule has 10 atom stereocenters. The molecule has 0 saturated carbocycles. The van der Waals surface area contributed by atoms with Gasteiger partial charge in [-0.05, 0) is 0 Å². The van der Waals surface area contributed by atoms with Gasteiger partial charge >= 0.3 is 41.8 Å². The summed E-state index contributed by atoms with van der Waals surface area (Å²) in [6.07, 6.45) is -13.0.